The predicted molar refractivity (Wildman–Crippen MR) is 67.9 cm³/mol. The molecule has 0 saturated heterocycles. The lowest BCUT2D eigenvalue weighted by Gasteiger charge is -2.21. The van der Waals surface area contributed by atoms with Crippen LogP contribution in [0.15, 0.2) is 29.1 Å². The van der Waals surface area contributed by atoms with Crippen molar-refractivity contribution in [3.05, 3.63) is 41.2 Å². The van der Waals surface area contributed by atoms with E-state index in [-0.39, 0.29) is 5.15 Å². The summed E-state index contributed by atoms with van der Waals surface area (Å²) < 4.78 is 5.28. The van der Waals surface area contributed by atoms with E-state index in [9.17, 15) is 4.79 Å². The van der Waals surface area contributed by atoms with E-state index in [0.717, 1.165) is 5.76 Å². The highest BCUT2D eigenvalue weighted by molar-refractivity contribution is 6.32. The standard InChI is InChI=1S/C12H12ClN3O2/c1-2-16(6-9-4-3-5-18-9)12-10(7-17)11(13)14-8-15-12/h3-5,7-8H,2,6H2,1H3. The molecule has 0 aliphatic heterocycles. The second kappa shape index (κ2) is 5.64. The lowest BCUT2D eigenvalue weighted by atomic mass is 10.3. The van der Waals surface area contributed by atoms with Crippen molar-refractivity contribution in [1.29, 1.82) is 0 Å². The highest BCUT2D eigenvalue weighted by atomic mass is 35.5. The first kappa shape index (κ1) is 12.6. The fourth-order valence-electron chi connectivity index (χ4n) is 1.65. The third-order valence-corrected chi connectivity index (χ3v) is 2.84. The number of nitrogens with zero attached hydrogens (tertiary/aromatic N) is 3. The van der Waals surface area contributed by atoms with Crippen LogP contribution < -0.4 is 4.90 Å². The molecule has 94 valence electrons. The van der Waals surface area contributed by atoms with Gasteiger partial charge in [0.1, 0.15) is 23.1 Å². The predicted octanol–water partition coefficient (Wildman–Crippen LogP) is 2.56. The Kier molecular flexibility index (Phi) is 3.94. The quantitative estimate of drug-likeness (QED) is 0.614. The van der Waals surface area contributed by atoms with Gasteiger partial charge in [-0.1, -0.05) is 11.6 Å². The number of hydrogen-bond donors (Lipinski definition) is 0. The molecule has 2 heterocycles. The summed E-state index contributed by atoms with van der Waals surface area (Å²) in [6, 6.07) is 3.68. The molecule has 0 N–H and O–H groups in total. The normalized spacial score (nSPS) is 10.3. The first-order chi connectivity index (χ1) is 8.76. The van der Waals surface area contributed by atoms with Crippen LogP contribution in [-0.2, 0) is 6.54 Å². The summed E-state index contributed by atoms with van der Waals surface area (Å²) in [5.74, 6) is 1.31. The monoisotopic (exact) mass is 265 g/mol. The third-order valence-electron chi connectivity index (χ3n) is 2.54. The molecule has 0 bridgehead atoms. The van der Waals surface area contributed by atoms with Gasteiger partial charge in [0.15, 0.2) is 6.29 Å². The molecule has 0 saturated carbocycles. The molecule has 2 aromatic heterocycles. The number of anilines is 1. The maximum absolute atomic E-state index is 11.1. The molecule has 0 aliphatic carbocycles. The maximum Gasteiger partial charge on any atom is 0.156 e. The van der Waals surface area contributed by atoms with Gasteiger partial charge in [0, 0.05) is 6.54 Å². The Labute approximate surface area is 109 Å². The SMILES string of the molecule is CCN(Cc1ccco1)c1ncnc(Cl)c1C=O. The summed E-state index contributed by atoms with van der Waals surface area (Å²) >= 11 is 5.88. The Morgan fingerprint density at radius 1 is 1.50 bits per heavy atom. The van der Waals surface area contributed by atoms with Crippen molar-refractivity contribution >= 4 is 23.7 Å². The average molecular weight is 266 g/mol. The summed E-state index contributed by atoms with van der Waals surface area (Å²) in [6.07, 6.45) is 3.62. The molecule has 0 unspecified atom stereocenters. The smallest absolute Gasteiger partial charge is 0.156 e. The Morgan fingerprint density at radius 2 is 2.33 bits per heavy atom. The highest BCUT2D eigenvalue weighted by Gasteiger charge is 2.16. The molecule has 5 nitrogen and oxygen atoms in total. The molecule has 0 fully saturated rings. The van der Waals surface area contributed by atoms with Gasteiger partial charge in [-0.15, -0.1) is 0 Å². The van der Waals surface area contributed by atoms with E-state index in [1.807, 2.05) is 24.0 Å². The van der Waals surface area contributed by atoms with Crippen molar-refractivity contribution < 1.29 is 9.21 Å². The Bertz CT molecular complexity index is 528. The molecular weight excluding hydrogens is 254 g/mol. The minimum atomic E-state index is 0.160. The van der Waals surface area contributed by atoms with Crippen molar-refractivity contribution in [3.63, 3.8) is 0 Å². The van der Waals surface area contributed by atoms with Crippen molar-refractivity contribution in [2.45, 2.75) is 13.5 Å². The minimum Gasteiger partial charge on any atom is -0.467 e. The van der Waals surface area contributed by atoms with Gasteiger partial charge in [0.25, 0.3) is 0 Å². The summed E-state index contributed by atoms with van der Waals surface area (Å²) in [7, 11) is 0. The molecule has 18 heavy (non-hydrogen) atoms. The number of aldehydes is 1. The number of hydrogen-bond acceptors (Lipinski definition) is 5. The van der Waals surface area contributed by atoms with Crippen LogP contribution >= 0.6 is 11.6 Å². The van der Waals surface area contributed by atoms with Gasteiger partial charge in [0.2, 0.25) is 0 Å². The third kappa shape index (κ3) is 2.51. The molecule has 2 rings (SSSR count). The molecule has 0 amide bonds. The summed E-state index contributed by atoms with van der Waals surface area (Å²) in [5.41, 5.74) is 0.299. The highest BCUT2D eigenvalue weighted by Crippen LogP contribution is 2.22. The van der Waals surface area contributed by atoms with Gasteiger partial charge >= 0.3 is 0 Å². The topological polar surface area (TPSA) is 59.2 Å². The van der Waals surface area contributed by atoms with E-state index in [1.54, 1.807) is 6.26 Å². The van der Waals surface area contributed by atoms with Crippen LogP contribution in [-0.4, -0.2) is 22.8 Å². The number of carbonyl (C=O) groups is 1. The van der Waals surface area contributed by atoms with E-state index >= 15 is 0 Å². The molecular formula is C12H12ClN3O2. The van der Waals surface area contributed by atoms with Gasteiger partial charge in [-0.3, -0.25) is 4.79 Å². The molecule has 6 heteroatoms. The van der Waals surface area contributed by atoms with E-state index in [0.29, 0.717) is 30.8 Å². The van der Waals surface area contributed by atoms with Crippen LogP contribution in [0.1, 0.15) is 23.0 Å². The van der Waals surface area contributed by atoms with Crippen LogP contribution in [0.3, 0.4) is 0 Å². The van der Waals surface area contributed by atoms with Crippen LogP contribution in [0, 0.1) is 0 Å². The Morgan fingerprint density at radius 3 is 2.94 bits per heavy atom. The van der Waals surface area contributed by atoms with Gasteiger partial charge in [-0.05, 0) is 19.1 Å². The summed E-state index contributed by atoms with van der Waals surface area (Å²) in [6.45, 7) is 3.17. The van der Waals surface area contributed by atoms with Crippen molar-refractivity contribution in [3.8, 4) is 0 Å². The lowest BCUT2D eigenvalue weighted by molar-refractivity contribution is 0.112. The number of rotatable bonds is 5. The molecule has 2 aromatic rings. The lowest BCUT2D eigenvalue weighted by Crippen LogP contribution is -2.24. The number of halogens is 1. The maximum atomic E-state index is 11.1. The van der Waals surface area contributed by atoms with Crippen LogP contribution in [0.2, 0.25) is 5.15 Å². The van der Waals surface area contributed by atoms with E-state index in [4.69, 9.17) is 16.0 Å². The first-order valence-corrected chi connectivity index (χ1v) is 5.87. The molecule has 0 spiro atoms. The number of furan rings is 1. The fourth-order valence-corrected chi connectivity index (χ4v) is 1.82. The van der Waals surface area contributed by atoms with Gasteiger partial charge < -0.3 is 9.32 Å². The van der Waals surface area contributed by atoms with Crippen molar-refractivity contribution in [2.75, 3.05) is 11.4 Å². The van der Waals surface area contributed by atoms with Crippen LogP contribution in [0.25, 0.3) is 0 Å². The van der Waals surface area contributed by atoms with Crippen molar-refractivity contribution in [2.24, 2.45) is 0 Å². The zero-order valence-corrected chi connectivity index (χ0v) is 10.6. The molecule has 0 atom stereocenters. The van der Waals surface area contributed by atoms with Crippen LogP contribution in [0.5, 0.6) is 0 Å². The molecule has 0 aliphatic rings. The molecule has 0 radical (unpaired) electrons. The van der Waals surface area contributed by atoms with Gasteiger partial charge in [-0.2, -0.15) is 0 Å². The van der Waals surface area contributed by atoms with Gasteiger partial charge in [-0.25, -0.2) is 9.97 Å². The zero-order chi connectivity index (χ0) is 13.0. The fraction of sp³-hybridized carbons (Fsp3) is 0.250. The van der Waals surface area contributed by atoms with E-state index in [1.165, 1.54) is 6.33 Å². The minimum absolute atomic E-state index is 0.160. The van der Waals surface area contributed by atoms with E-state index in [2.05, 4.69) is 9.97 Å². The Balaban J connectivity index is 2.32. The largest absolute Gasteiger partial charge is 0.467 e. The second-order valence-electron chi connectivity index (χ2n) is 3.61. The average Bonchev–Trinajstić information content (AvgIpc) is 2.88. The number of aromatic nitrogens is 2. The molecule has 0 aromatic carbocycles. The Hall–Kier alpha value is -1.88. The second-order valence-corrected chi connectivity index (χ2v) is 3.97. The summed E-state index contributed by atoms with van der Waals surface area (Å²) in [4.78, 5) is 20.9. The zero-order valence-electron chi connectivity index (χ0n) is 9.84. The van der Waals surface area contributed by atoms with Crippen LogP contribution in [0.4, 0.5) is 5.82 Å². The first-order valence-electron chi connectivity index (χ1n) is 5.49. The van der Waals surface area contributed by atoms with E-state index < -0.39 is 0 Å². The van der Waals surface area contributed by atoms with Crippen molar-refractivity contribution in [1.82, 2.24) is 9.97 Å². The number of carbonyl (C=O) groups excluding carboxylic acids is 1. The van der Waals surface area contributed by atoms with Gasteiger partial charge in [0.05, 0.1) is 18.4 Å². The summed E-state index contributed by atoms with van der Waals surface area (Å²) in [5, 5.41) is 0.160.